The number of benzene rings is 1. The molecule has 26 heavy (non-hydrogen) atoms. The molecule has 138 valence electrons. The second-order valence-electron chi connectivity index (χ2n) is 6.49. The van der Waals surface area contributed by atoms with Crippen LogP contribution in [-0.2, 0) is 0 Å². The second kappa shape index (κ2) is 8.59. The molecule has 0 aliphatic carbocycles. The molecule has 0 spiro atoms. The lowest BCUT2D eigenvalue weighted by molar-refractivity contribution is 0.0476. The summed E-state index contributed by atoms with van der Waals surface area (Å²) in [5.74, 6) is 1.88. The van der Waals surface area contributed by atoms with Gasteiger partial charge in [-0.2, -0.15) is 5.26 Å². The molecule has 1 atom stereocenters. The van der Waals surface area contributed by atoms with E-state index in [1.807, 2.05) is 24.3 Å². The van der Waals surface area contributed by atoms with Crippen LogP contribution in [-0.4, -0.2) is 60.7 Å². The number of fused-ring (bicyclic) bond motifs is 1. The lowest BCUT2D eigenvalue weighted by atomic mass is 10.0. The fourth-order valence-corrected chi connectivity index (χ4v) is 3.36. The Morgan fingerprint density at radius 1 is 1.38 bits per heavy atom. The van der Waals surface area contributed by atoms with Gasteiger partial charge in [-0.05, 0) is 25.0 Å². The van der Waals surface area contributed by atoms with Crippen LogP contribution in [0, 0.1) is 11.5 Å². The highest BCUT2D eigenvalue weighted by molar-refractivity contribution is 5.80. The van der Waals surface area contributed by atoms with Gasteiger partial charge < -0.3 is 15.2 Å². The fraction of sp³-hybridized carbons (Fsp3) is 0.474. The molecule has 2 N–H and O–H groups in total. The van der Waals surface area contributed by atoms with E-state index in [0.29, 0.717) is 13.2 Å². The molecular formula is C19H25N5O2. The molecule has 1 aromatic rings. The Balaban J connectivity index is 1.50. The first-order valence-corrected chi connectivity index (χ1v) is 8.92. The Bertz CT molecular complexity index is 691. The molecule has 0 saturated carbocycles. The molecule has 1 unspecified atom stereocenters. The Kier molecular flexibility index (Phi) is 5.97. The number of guanidine groups is 1. The quantitative estimate of drug-likeness (QED) is 0.284. The molecule has 1 fully saturated rings. The minimum atomic E-state index is 0.0211. The van der Waals surface area contributed by atoms with Gasteiger partial charge in [-0.25, -0.2) is 9.89 Å². The third-order valence-corrected chi connectivity index (χ3v) is 4.69. The first kappa shape index (κ1) is 18.1. The molecule has 3 rings (SSSR count). The van der Waals surface area contributed by atoms with Crippen LogP contribution in [0.1, 0.15) is 12.8 Å². The number of rotatable bonds is 5. The van der Waals surface area contributed by atoms with Crippen LogP contribution in [0.2, 0.25) is 0 Å². The predicted octanol–water partition coefficient (Wildman–Crippen LogP) is 1.57. The Morgan fingerprint density at radius 2 is 2.12 bits per heavy atom. The summed E-state index contributed by atoms with van der Waals surface area (Å²) in [4.78, 5) is 8.03. The number of nitrogens with two attached hydrogens (primary N) is 1. The largest absolute Gasteiger partial charge is 0.486 e. The number of aliphatic imine (C=N–C) groups is 1. The van der Waals surface area contributed by atoms with Gasteiger partial charge in [-0.1, -0.05) is 18.2 Å². The van der Waals surface area contributed by atoms with Gasteiger partial charge in [0, 0.05) is 25.7 Å². The number of hydrogen-bond acceptors (Lipinski definition) is 5. The highest BCUT2D eigenvalue weighted by Crippen LogP contribution is 2.31. The van der Waals surface area contributed by atoms with Crippen molar-refractivity contribution in [2.75, 3.05) is 32.8 Å². The van der Waals surface area contributed by atoms with Gasteiger partial charge in [-0.3, -0.25) is 4.90 Å². The second-order valence-corrected chi connectivity index (χ2v) is 6.49. The summed E-state index contributed by atoms with van der Waals surface area (Å²) in [6.07, 6.45) is 5.58. The van der Waals surface area contributed by atoms with E-state index in [1.165, 1.54) is 4.90 Å². The van der Waals surface area contributed by atoms with E-state index in [2.05, 4.69) is 22.7 Å². The third-order valence-electron chi connectivity index (χ3n) is 4.69. The number of nitriles is 1. The summed E-state index contributed by atoms with van der Waals surface area (Å²) >= 11 is 0. The van der Waals surface area contributed by atoms with E-state index in [4.69, 9.17) is 15.2 Å². The van der Waals surface area contributed by atoms with Crippen molar-refractivity contribution in [2.24, 2.45) is 10.7 Å². The predicted molar refractivity (Wildman–Crippen MR) is 100.0 cm³/mol. The van der Waals surface area contributed by atoms with E-state index in [0.717, 1.165) is 44.0 Å². The molecular weight excluding hydrogens is 330 g/mol. The van der Waals surface area contributed by atoms with Crippen LogP contribution in [0.3, 0.4) is 0 Å². The number of hydrogen-bond donors (Lipinski definition) is 1. The Morgan fingerprint density at radius 3 is 2.81 bits per heavy atom. The van der Waals surface area contributed by atoms with E-state index < -0.39 is 0 Å². The van der Waals surface area contributed by atoms with Crippen molar-refractivity contribution < 1.29 is 9.47 Å². The van der Waals surface area contributed by atoms with E-state index in [9.17, 15) is 5.26 Å². The van der Waals surface area contributed by atoms with Gasteiger partial charge >= 0.3 is 0 Å². The highest BCUT2D eigenvalue weighted by atomic mass is 16.6. The van der Waals surface area contributed by atoms with Gasteiger partial charge in [-0.15, -0.1) is 6.58 Å². The molecule has 2 aliphatic heterocycles. The zero-order valence-corrected chi connectivity index (χ0v) is 14.9. The molecule has 7 nitrogen and oxygen atoms in total. The number of para-hydroxylation sites is 2. The maximum Gasteiger partial charge on any atom is 0.205 e. The summed E-state index contributed by atoms with van der Waals surface area (Å²) in [6, 6.07) is 7.84. The molecule has 7 heteroatoms. The summed E-state index contributed by atoms with van der Waals surface area (Å²) in [7, 11) is 0. The third kappa shape index (κ3) is 4.27. The van der Waals surface area contributed by atoms with Crippen LogP contribution in [0.15, 0.2) is 41.9 Å². The topological polar surface area (TPSA) is 87.1 Å². The van der Waals surface area contributed by atoms with Crippen LogP contribution < -0.4 is 15.2 Å². The number of likely N-dealkylation sites (tertiary alicyclic amines) is 1. The van der Waals surface area contributed by atoms with E-state index >= 15 is 0 Å². The summed E-state index contributed by atoms with van der Waals surface area (Å²) in [5, 5.41) is 9.41. The maximum atomic E-state index is 9.41. The number of nitrogens with zero attached hydrogens (tertiary/aromatic N) is 4. The van der Waals surface area contributed by atoms with E-state index in [1.54, 1.807) is 6.08 Å². The Labute approximate surface area is 154 Å². The molecule has 0 bridgehead atoms. The van der Waals surface area contributed by atoms with Crippen molar-refractivity contribution in [1.29, 1.82) is 5.26 Å². The lowest BCUT2D eigenvalue weighted by Gasteiger charge is -2.37. The normalized spacial score (nSPS) is 21.0. The molecule has 0 radical (unpaired) electrons. The minimum absolute atomic E-state index is 0.0211. The van der Waals surface area contributed by atoms with Crippen molar-refractivity contribution in [3.63, 3.8) is 0 Å². The smallest absolute Gasteiger partial charge is 0.205 e. The fourth-order valence-electron chi connectivity index (χ4n) is 3.36. The highest BCUT2D eigenvalue weighted by Gasteiger charge is 2.29. The molecule has 1 saturated heterocycles. The average molecular weight is 355 g/mol. The van der Waals surface area contributed by atoms with E-state index in [-0.39, 0.29) is 18.1 Å². The van der Waals surface area contributed by atoms with Gasteiger partial charge in [0.1, 0.15) is 12.7 Å². The molecule has 0 aromatic heterocycles. The average Bonchev–Trinajstić information content (AvgIpc) is 2.68. The summed E-state index contributed by atoms with van der Waals surface area (Å²) < 4.78 is 11.8. The van der Waals surface area contributed by atoms with Crippen LogP contribution in [0.4, 0.5) is 0 Å². The molecule has 2 aliphatic rings. The molecule has 2 heterocycles. The number of ether oxygens (including phenoxy) is 2. The van der Waals surface area contributed by atoms with Gasteiger partial charge in [0.05, 0.1) is 6.54 Å². The summed E-state index contributed by atoms with van der Waals surface area (Å²) in [5.41, 5.74) is 5.93. The SMILES string of the molecule is C=CCN=C(N)N(C#N)C1CCN(CC2COc3ccccc3O2)CC1. The summed E-state index contributed by atoms with van der Waals surface area (Å²) in [6.45, 7) is 7.18. The first-order valence-electron chi connectivity index (χ1n) is 8.92. The van der Waals surface area contributed by atoms with Crippen molar-refractivity contribution >= 4 is 5.96 Å². The van der Waals surface area contributed by atoms with Crippen LogP contribution in [0.25, 0.3) is 0 Å². The maximum absolute atomic E-state index is 9.41. The van der Waals surface area contributed by atoms with Crippen LogP contribution >= 0.6 is 0 Å². The standard InChI is InChI=1S/C19H25N5O2/c1-2-9-22-19(21)24(14-20)15-7-10-23(11-8-15)12-16-13-25-17-5-3-4-6-18(17)26-16/h2-6,15-16H,1,7-13H2,(H2,21,22). The molecule has 0 amide bonds. The van der Waals surface area contributed by atoms with Crippen molar-refractivity contribution in [2.45, 2.75) is 25.0 Å². The minimum Gasteiger partial charge on any atom is -0.486 e. The van der Waals surface area contributed by atoms with Crippen molar-refractivity contribution in [3.05, 3.63) is 36.9 Å². The van der Waals surface area contributed by atoms with Crippen molar-refractivity contribution in [3.8, 4) is 17.7 Å². The van der Waals surface area contributed by atoms with Crippen molar-refractivity contribution in [1.82, 2.24) is 9.80 Å². The Hall–Kier alpha value is -2.72. The van der Waals surface area contributed by atoms with Gasteiger partial charge in [0.25, 0.3) is 0 Å². The zero-order chi connectivity index (χ0) is 18.4. The molecule has 1 aromatic carbocycles. The number of piperidine rings is 1. The first-order chi connectivity index (χ1) is 12.7. The lowest BCUT2D eigenvalue weighted by Crippen LogP contribution is -2.50. The van der Waals surface area contributed by atoms with Gasteiger partial charge in [0.2, 0.25) is 5.96 Å². The van der Waals surface area contributed by atoms with Gasteiger partial charge in [0.15, 0.2) is 17.7 Å². The monoisotopic (exact) mass is 355 g/mol. The zero-order valence-electron chi connectivity index (χ0n) is 14.9. The van der Waals surface area contributed by atoms with Crippen LogP contribution in [0.5, 0.6) is 11.5 Å².